The zero-order chi connectivity index (χ0) is 7.94. The van der Waals surface area contributed by atoms with E-state index in [0.29, 0.717) is 0 Å². The van der Waals surface area contributed by atoms with Gasteiger partial charge in [-0.05, 0) is 25.7 Å². The van der Waals surface area contributed by atoms with Gasteiger partial charge in [0.15, 0.2) is 0 Å². The highest BCUT2D eigenvalue weighted by molar-refractivity contribution is 5.12. The first-order valence-electron chi connectivity index (χ1n) is 4.76. The van der Waals surface area contributed by atoms with Gasteiger partial charge in [0.25, 0.3) is 0 Å². The molecule has 0 heterocycles. The van der Waals surface area contributed by atoms with Crippen LogP contribution in [0, 0.1) is 0 Å². The highest BCUT2D eigenvalue weighted by atomic mass is 14.0. The first-order valence-corrected chi connectivity index (χ1v) is 4.76. The number of hydrogen-bond acceptors (Lipinski definition) is 0. The van der Waals surface area contributed by atoms with Crippen molar-refractivity contribution in [3.05, 3.63) is 23.8 Å². The van der Waals surface area contributed by atoms with Gasteiger partial charge in [0, 0.05) is 0 Å². The average molecular weight is 150 g/mol. The fourth-order valence-corrected chi connectivity index (χ4v) is 1.42. The third-order valence-corrected chi connectivity index (χ3v) is 2.17. The molecule has 0 nitrogen and oxygen atoms in total. The minimum atomic E-state index is 1.21. The summed E-state index contributed by atoms with van der Waals surface area (Å²) in [6.07, 6.45) is 14.8. The molecule has 0 N–H and O–H groups in total. The highest BCUT2D eigenvalue weighted by Gasteiger charge is 1.97. The SMILES string of the molecule is CCCC/C=C1\CC=CCC1. The van der Waals surface area contributed by atoms with Gasteiger partial charge in [0.2, 0.25) is 0 Å². The first-order chi connectivity index (χ1) is 5.43. The normalized spacial score (nSPS) is 21.0. The molecule has 0 bridgehead atoms. The molecule has 0 unspecified atom stereocenters. The lowest BCUT2D eigenvalue weighted by Gasteiger charge is -2.07. The van der Waals surface area contributed by atoms with Crippen molar-refractivity contribution in [3.8, 4) is 0 Å². The number of hydrogen-bond donors (Lipinski definition) is 0. The molecule has 0 aromatic heterocycles. The van der Waals surface area contributed by atoms with E-state index in [1.54, 1.807) is 5.57 Å². The van der Waals surface area contributed by atoms with Crippen LogP contribution >= 0.6 is 0 Å². The predicted octanol–water partition coefficient (Wildman–Crippen LogP) is 3.84. The minimum Gasteiger partial charge on any atom is -0.0879 e. The summed E-state index contributed by atoms with van der Waals surface area (Å²) in [5.74, 6) is 0. The van der Waals surface area contributed by atoms with Crippen LogP contribution < -0.4 is 0 Å². The van der Waals surface area contributed by atoms with E-state index in [1.165, 1.54) is 38.5 Å². The van der Waals surface area contributed by atoms with E-state index < -0.39 is 0 Å². The van der Waals surface area contributed by atoms with Crippen molar-refractivity contribution in [2.24, 2.45) is 0 Å². The van der Waals surface area contributed by atoms with Crippen molar-refractivity contribution in [3.63, 3.8) is 0 Å². The molecule has 1 aliphatic carbocycles. The van der Waals surface area contributed by atoms with Crippen LogP contribution in [0.1, 0.15) is 45.4 Å². The van der Waals surface area contributed by atoms with E-state index in [0.717, 1.165) is 0 Å². The number of rotatable bonds is 3. The molecule has 62 valence electrons. The van der Waals surface area contributed by atoms with Crippen LogP contribution in [0.5, 0.6) is 0 Å². The van der Waals surface area contributed by atoms with Crippen LogP contribution in [0.3, 0.4) is 0 Å². The summed E-state index contributed by atoms with van der Waals surface area (Å²) in [7, 11) is 0. The molecule has 1 aliphatic rings. The molecule has 0 spiro atoms. The zero-order valence-corrected chi connectivity index (χ0v) is 7.47. The summed E-state index contributed by atoms with van der Waals surface area (Å²) >= 11 is 0. The maximum absolute atomic E-state index is 2.44. The Morgan fingerprint density at radius 3 is 3.00 bits per heavy atom. The van der Waals surface area contributed by atoms with Gasteiger partial charge in [-0.15, -0.1) is 0 Å². The Kier molecular flexibility index (Phi) is 4.03. The lowest BCUT2D eigenvalue weighted by atomic mass is 9.99. The maximum Gasteiger partial charge on any atom is -0.0139 e. The molecule has 0 radical (unpaired) electrons. The van der Waals surface area contributed by atoms with Gasteiger partial charge < -0.3 is 0 Å². The monoisotopic (exact) mass is 150 g/mol. The van der Waals surface area contributed by atoms with Gasteiger partial charge >= 0.3 is 0 Å². The van der Waals surface area contributed by atoms with Gasteiger partial charge in [-0.2, -0.15) is 0 Å². The molecule has 0 aromatic carbocycles. The van der Waals surface area contributed by atoms with Gasteiger partial charge in [-0.25, -0.2) is 0 Å². The number of unbranched alkanes of at least 4 members (excludes halogenated alkanes) is 2. The van der Waals surface area contributed by atoms with E-state index in [4.69, 9.17) is 0 Å². The Morgan fingerprint density at radius 2 is 2.36 bits per heavy atom. The van der Waals surface area contributed by atoms with Crippen molar-refractivity contribution >= 4 is 0 Å². The smallest absolute Gasteiger partial charge is 0.0139 e. The fourth-order valence-electron chi connectivity index (χ4n) is 1.42. The van der Waals surface area contributed by atoms with Crippen molar-refractivity contribution < 1.29 is 0 Å². The molecule has 0 heteroatoms. The summed E-state index contributed by atoms with van der Waals surface area (Å²) in [6.45, 7) is 2.25. The quantitative estimate of drug-likeness (QED) is 0.423. The summed E-state index contributed by atoms with van der Waals surface area (Å²) in [5, 5.41) is 0. The average Bonchev–Trinajstić information content (AvgIpc) is 2.07. The van der Waals surface area contributed by atoms with E-state index >= 15 is 0 Å². The third-order valence-electron chi connectivity index (χ3n) is 2.17. The molecule has 0 atom stereocenters. The second kappa shape index (κ2) is 5.17. The van der Waals surface area contributed by atoms with Gasteiger partial charge in [0.1, 0.15) is 0 Å². The molecule has 0 aliphatic heterocycles. The Balaban J connectivity index is 2.22. The van der Waals surface area contributed by atoms with Crippen LogP contribution in [0.4, 0.5) is 0 Å². The topological polar surface area (TPSA) is 0 Å². The van der Waals surface area contributed by atoms with Crippen molar-refractivity contribution in [2.45, 2.75) is 45.4 Å². The van der Waals surface area contributed by atoms with Crippen LogP contribution in [-0.4, -0.2) is 0 Å². The Labute approximate surface area is 70.0 Å². The van der Waals surface area contributed by atoms with Crippen LogP contribution in [0.25, 0.3) is 0 Å². The highest BCUT2D eigenvalue weighted by Crippen LogP contribution is 2.17. The second-order valence-electron chi connectivity index (χ2n) is 3.22. The van der Waals surface area contributed by atoms with Gasteiger partial charge in [-0.1, -0.05) is 43.6 Å². The van der Waals surface area contributed by atoms with Gasteiger partial charge in [-0.3, -0.25) is 0 Å². The van der Waals surface area contributed by atoms with Crippen molar-refractivity contribution in [1.82, 2.24) is 0 Å². The van der Waals surface area contributed by atoms with E-state index in [1.807, 2.05) is 0 Å². The molecule has 0 aromatic rings. The Bertz CT molecular complexity index is 151. The molecule has 0 saturated heterocycles. The molecular weight excluding hydrogens is 132 g/mol. The third kappa shape index (κ3) is 3.41. The molecule has 1 rings (SSSR count). The minimum absolute atomic E-state index is 1.21. The summed E-state index contributed by atoms with van der Waals surface area (Å²) in [4.78, 5) is 0. The Hall–Kier alpha value is -0.520. The van der Waals surface area contributed by atoms with E-state index in [-0.39, 0.29) is 0 Å². The van der Waals surface area contributed by atoms with E-state index in [9.17, 15) is 0 Å². The van der Waals surface area contributed by atoms with Crippen LogP contribution in [-0.2, 0) is 0 Å². The second-order valence-corrected chi connectivity index (χ2v) is 3.22. The van der Waals surface area contributed by atoms with Gasteiger partial charge in [0.05, 0.1) is 0 Å². The van der Waals surface area contributed by atoms with Crippen molar-refractivity contribution in [2.75, 3.05) is 0 Å². The van der Waals surface area contributed by atoms with Crippen LogP contribution in [0.15, 0.2) is 23.8 Å². The fraction of sp³-hybridized carbons (Fsp3) is 0.636. The largest absolute Gasteiger partial charge is 0.0879 e. The molecule has 0 saturated carbocycles. The maximum atomic E-state index is 2.44. The molecule has 11 heavy (non-hydrogen) atoms. The molecule has 0 amide bonds. The number of allylic oxidation sites excluding steroid dienone is 4. The summed E-state index contributed by atoms with van der Waals surface area (Å²) in [6, 6.07) is 0. The molecular formula is C11H18. The van der Waals surface area contributed by atoms with Crippen LogP contribution in [0.2, 0.25) is 0 Å². The summed E-state index contributed by atoms with van der Waals surface area (Å²) in [5.41, 5.74) is 1.65. The first kappa shape index (κ1) is 8.58. The lowest BCUT2D eigenvalue weighted by Crippen LogP contribution is -1.87. The lowest BCUT2D eigenvalue weighted by molar-refractivity contribution is 0.796. The molecule has 0 fully saturated rings. The summed E-state index contributed by atoms with van der Waals surface area (Å²) < 4.78 is 0. The Morgan fingerprint density at radius 1 is 1.45 bits per heavy atom. The predicted molar refractivity (Wildman–Crippen MR) is 50.6 cm³/mol. The van der Waals surface area contributed by atoms with Crippen molar-refractivity contribution in [1.29, 1.82) is 0 Å². The zero-order valence-electron chi connectivity index (χ0n) is 7.47. The standard InChI is InChI=1S/C11H18/c1-2-3-5-8-11-9-6-4-7-10-11/h4,6,8H,2-3,5,7,9-10H2,1H3/b11-8+. The van der Waals surface area contributed by atoms with E-state index in [2.05, 4.69) is 25.2 Å².